The summed E-state index contributed by atoms with van der Waals surface area (Å²) in [4.78, 5) is 34.6. The first-order valence-corrected chi connectivity index (χ1v) is 17.7. The minimum absolute atomic E-state index is 0.0645. The zero-order valence-electron chi connectivity index (χ0n) is 23.6. The van der Waals surface area contributed by atoms with E-state index in [0.29, 0.717) is 65.1 Å². The van der Waals surface area contributed by atoms with Crippen molar-refractivity contribution in [1.82, 2.24) is 24.2 Å². The molecule has 2 aromatic carbocycles. The molecule has 0 amide bonds. The standard InChI is InChI=1S/C29H37N5O5Si/c1-18-14-20-15-32(18)10-11-34-28(36)22-7-5-6-21(24(22)31-34)25-29(37)33(17-38-12-13-40(2,3)4)23-9-8-19(16-35)27(39-20)26(23)30-25/h5-9,18,20,31,35H,10-17H2,1-4H3/t18-,20?/m1/s1. The lowest BCUT2D eigenvalue weighted by atomic mass is 10.1. The Labute approximate surface area is 233 Å². The van der Waals surface area contributed by atoms with Crippen LogP contribution >= 0.6 is 0 Å². The molecule has 212 valence electrons. The van der Waals surface area contributed by atoms with Gasteiger partial charge in [0.05, 0.1) is 29.6 Å². The summed E-state index contributed by atoms with van der Waals surface area (Å²) in [5.74, 6) is 0.492. The average Bonchev–Trinajstić information content (AvgIpc) is 3.43. The number of hydrogen-bond donors (Lipinski definition) is 2. The molecular weight excluding hydrogens is 526 g/mol. The maximum Gasteiger partial charge on any atom is 0.279 e. The maximum absolute atomic E-state index is 14.1. The van der Waals surface area contributed by atoms with E-state index in [1.54, 1.807) is 33.5 Å². The van der Waals surface area contributed by atoms with E-state index >= 15 is 0 Å². The molecule has 4 heterocycles. The lowest BCUT2D eigenvalue weighted by Crippen LogP contribution is -2.34. The van der Waals surface area contributed by atoms with E-state index in [9.17, 15) is 14.7 Å². The number of fused-ring (bicyclic) bond motifs is 5. The minimum Gasteiger partial charge on any atom is -0.486 e. The SMILES string of the molecule is C[C@@H]1CC2CN1CCn1[nH]c3c(cccc3c1=O)-c1nc3c(c(CO)ccc3n(COCC[Si](C)(C)C)c1=O)O2. The maximum atomic E-state index is 14.1. The highest BCUT2D eigenvalue weighted by atomic mass is 28.3. The zero-order chi connectivity index (χ0) is 28.2. The molecule has 3 atom stereocenters. The highest BCUT2D eigenvalue weighted by Crippen LogP contribution is 2.34. The van der Waals surface area contributed by atoms with E-state index in [2.05, 4.69) is 36.6 Å². The summed E-state index contributed by atoms with van der Waals surface area (Å²) in [6, 6.07) is 10.2. The van der Waals surface area contributed by atoms with Crippen molar-refractivity contribution in [3.8, 4) is 17.0 Å². The van der Waals surface area contributed by atoms with Crippen LogP contribution in [0, 0.1) is 0 Å². The fraction of sp³-hybridized carbons (Fsp3) is 0.483. The van der Waals surface area contributed by atoms with Crippen LogP contribution < -0.4 is 15.9 Å². The number of hydrogen-bond acceptors (Lipinski definition) is 7. The fourth-order valence-electron chi connectivity index (χ4n) is 5.79. The number of aliphatic hydroxyl groups excluding tert-OH is 1. The van der Waals surface area contributed by atoms with Gasteiger partial charge >= 0.3 is 0 Å². The number of benzene rings is 2. The summed E-state index contributed by atoms with van der Waals surface area (Å²) >= 11 is 0. The quantitative estimate of drug-likeness (QED) is 0.273. The van der Waals surface area contributed by atoms with Gasteiger partial charge < -0.3 is 14.6 Å². The second-order valence-corrected chi connectivity index (χ2v) is 17.9. The highest BCUT2D eigenvalue weighted by molar-refractivity contribution is 6.76. The summed E-state index contributed by atoms with van der Waals surface area (Å²) in [5, 5.41) is 14.1. The number of H-pyrrole nitrogens is 1. The molecule has 2 N–H and O–H groups in total. The van der Waals surface area contributed by atoms with Crippen LogP contribution in [0.25, 0.3) is 33.2 Å². The Morgan fingerprint density at radius 3 is 2.75 bits per heavy atom. The Balaban J connectivity index is 1.60. The Hall–Kier alpha value is -3.25. The molecule has 2 aliphatic rings. The third-order valence-corrected chi connectivity index (χ3v) is 9.85. The van der Waals surface area contributed by atoms with Crippen LogP contribution in [0.3, 0.4) is 0 Å². The van der Waals surface area contributed by atoms with E-state index in [-0.39, 0.29) is 42.3 Å². The number of aliphatic hydroxyl groups is 1. The molecule has 10 nitrogen and oxygen atoms in total. The fourth-order valence-corrected chi connectivity index (χ4v) is 6.55. The number of nitrogens with one attached hydrogen (secondary N) is 1. The molecule has 0 radical (unpaired) electrons. The van der Waals surface area contributed by atoms with Crippen molar-refractivity contribution in [2.24, 2.45) is 0 Å². The first-order chi connectivity index (χ1) is 19.1. The van der Waals surface area contributed by atoms with Crippen LogP contribution in [0.1, 0.15) is 18.9 Å². The van der Waals surface area contributed by atoms with Gasteiger partial charge in [0.2, 0.25) is 0 Å². The van der Waals surface area contributed by atoms with Crippen LogP contribution in [0.5, 0.6) is 5.75 Å². The molecule has 2 aliphatic heterocycles. The Bertz CT molecular complexity index is 1700. The van der Waals surface area contributed by atoms with Gasteiger partial charge in [-0.25, -0.2) is 4.98 Å². The van der Waals surface area contributed by atoms with Gasteiger partial charge in [-0.1, -0.05) is 37.8 Å². The molecule has 1 fully saturated rings. The van der Waals surface area contributed by atoms with Crippen LogP contribution in [0.4, 0.5) is 0 Å². The van der Waals surface area contributed by atoms with Crippen LogP contribution in [0.15, 0.2) is 39.9 Å². The third kappa shape index (κ3) is 4.81. The van der Waals surface area contributed by atoms with Crippen molar-refractivity contribution in [2.45, 2.75) is 71.1 Å². The predicted octanol–water partition coefficient (Wildman–Crippen LogP) is 3.37. The summed E-state index contributed by atoms with van der Waals surface area (Å²) in [7, 11) is -1.32. The van der Waals surface area contributed by atoms with Crippen molar-refractivity contribution in [1.29, 1.82) is 0 Å². The lowest BCUT2D eigenvalue weighted by Gasteiger charge is -2.22. The molecule has 11 heteroatoms. The van der Waals surface area contributed by atoms with E-state index < -0.39 is 8.07 Å². The van der Waals surface area contributed by atoms with Crippen molar-refractivity contribution in [2.75, 3.05) is 19.7 Å². The van der Waals surface area contributed by atoms with Crippen molar-refractivity contribution >= 4 is 30.0 Å². The number of para-hydroxylation sites is 1. The summed E-state index contributed by atoms with van der Waals surface area (Å²) in [6.45, 7) is 11.3. The topological polar surface area (TPSA) is 115 Å². The Morgan fingerprint density at radius 1 is 1.15 bits per heavy atom. The predicted molar refractivity (Wildman–Crippen MR) is 158 cm³/mol. The molecule has 0 saturated carbocycles. The second-order valence-electron chi connectivity index (χ2n) is 12.2. The molecule has 6 bridgehead atoms. The van der Waals surface area contributed by atoms with Crippen LogP contribution in [-0.4, -0.2) is 69.3 Å². The second kappa shape index (κ2) is 10.3. The summed E-state index contributed by atoms with van der Waals surface area (Å²) < 4.78 is 15.9. The molecule has 4 aromatic rings. The van der Waals surface area contributed by atoms with Gasteiger partial charge in [0, 0.05) is 51.4 Å². The van der Waals surface area contributed by atoms with Gasteiger partial charge in [0.25, 0.3) is 11.1 Å². The van der Waals surface area contributed by atoms with E-state index in [4.69, 9.17) is 14.5 Å². The number of nitrogens with zero attached hydrogens (tertiary/aromatic N) is 4. The first kappa shape index (κ1) is 26.9. The largest absolute Gasteiger partial charge is 0.486 e. The summed E-state index contributed by atoms with van der Waals surface area (Å²) in [6.07, 6.45) is 0.684. The van der Waals surface area contributed by atoms with Crippen molar-refractivity contribution < 1.29 is 14.6 Å². The smallest absolute Gasteiger partial charge is 0.279 e. The molecule has 2 unspecified atom stereocenters. The lowest BCUT2D eigenvalue weighted by molar-refractivity contribution is 0.0878. The van der Waals surface area contributed by atoms with E-state index in [1.165, 1.54) is 0 Å². The normalized spacial score (nSPS) is 20.9. The van der Waals surface area contributed by atoms with Gasteiger partial charge in [0.15, 0.2) is 5.75 Å². The van der Waals surface area contributed by atoms with Crippen molar-refractivity contribution in [3.63, 3.8) is 0 Å². The monoisotopic (exact) mass is 563 g/mol. The van der Waals surface area contributed by atoms with Gasteiger partial charge in [-0.15, -0.1) is 0 Å². The number of ether oxygens (including phenoxy) is 2. The minimum atomic E-state index is -1.32. The van der Waals surface area contributed by atoms with Gasteiger partial charge in [0.1, 0.15) is 24.0 Å². The number of aromatic nitrogens is 4. The number of aromatic amines is 1. The molecule has 0 spiro atoms. The third-order valence-electron chi connectivity index (χ3n) is 8.14. The van der Waals surface area contributed by atoms with E-state index in [0.717, 1.165) is 12.5 Å². The average molecular weight is 564 g/mol. The van der Waals surface area contributed by atoms with Crippen LogP contribution in [-0.2, 0) is 24.6 Å². The number of rotatable bonds is 6. The highest BCUT2D eigenvalue weighted by Gasteiger charge is 2.32. The molecule has 0 aliphatic carbocycles. The molecular formula is C29H37N5O5Si. The van der Waals surface area contributed by atoms with E-state index in [1.807, 2.05) is 6.07 Å². The van der Waals surface area contributed by atoms with Gasteiger partial charge in [-0.3, -0.25) is 28.8 Å². The van der Waals surface area contributed by atoms with Crippen molar-refractivity contribution in [3.05, 3.63) is 56.6 Å². The van der Waals surface area contributed by atoms with Gasteiger partial charge in [-0.2, -0.15) is 0 Å². The molecule has 6 rings (SSSR count). The van der Waals surface area contributed by atoms with Gasteiger partial charge in [-0.05, 0) is 25.1 Å². The molecule has 40 heavy (non-hydrogen) atoms. The summed E-state index contributed by atoms with van der Waals surface area (Å²) in [5.41, 5.74) is 2.60. The Morgan fingerprint density at radius 2 is 1.98 bits per heavy atom. The molecule has 1 saturated heterocycles. The molecule has 2 aromatic heterocycles. The zero-order valence-corrected chi connectivity index (χ0v) is 24.6. The van der Waals surface area contributed by atoms with Crippen LogP contribution in [0.2, 0.25) is 25.7 Å². The first-order valence-electron chi connectivity index (χ1n) is 14.0. The Kier molecular flexibility index (Phi) is 6.93.